The summed E-state index contributed by atoms with van der Waals surface area (Å²) in [6.45, 7) is 6.38. The van der Waals surface area contributed by atoms with Gasteiger partial charge in [0.25, 0.3) is 0 Å². The SMILES string of the molecule is C=C[C@@H](c1cccc(C(F)(F)F)c1F)N1CCNCC1. The molecule has 110 valence electrons. The van der Waals surface area contributed by atoms with E-state index in [2.05, 4.69) is 11.9 Å². The number of alkyl halides is 3. The second-order valence-corrected chi connectivity index (χ2v) is 4.67. The summed E-state index contributed by atoms with van der Waals surface area (Å²) in [6.07, 6.45) is -3.20. The van der Waals surface area contributed by atoms with Crippen molar-refractivity contribution in [1.82, 2.24) is 10.2 Å². The Morgan fingerprint density at radius 1 is 1.25 bits per heavy atom. The maximum absolute atomic E-state index is 14.2. The van der Waals surface area contributed by atoms with E-state index in [1.54, 1.807) is 0 Å². The van der Waals surface area contributed by atoms with Gasteiger partial charge in [-0.3, -0.25) is 4.90 Å². The van der Waals surface area contributed by atoms with Gasteiger partial charge in [-0.1, -0.05) is 18.2 Å². The zero-order valence-corrected chi connectivity index (χ0v) is 10.9. The smallest absolute Gasteiger partial charge is 0.314 e. The maximum Gasteiger partial charge on any atom is 0.419 e. The lowest BCUT2D eigenvalue weighted by molar-refractivity contribution is -0.140. The molecule has 0 aromatic heterocycles. The minimum absolute atomic E-state index is 0.0247. The number of halogens is 4. The molecule has 0 amide bonds. The molecule has 2 rings (SSSR count). The molecule has 1 fully saturated rings. The number of rotatable bonds is 3. The molecule has 1 saturated heterocycles. The van der Waals surface area contributed by atoms with Crippen LogP contribution in [0.1, 0.15) is 17.2 Å². The molecule has 0 radical (unpaired) electrons. The molecule has 0 bridgehead atoms. The van der Waals surface area contributed by atoms with Crippen LogP contribution in [0.5, 0.6) is 0 Å². The lowest BCUT2D eigenvalue weighted by Gasteiger charge is -2.33. The van der Waals surface area contributed by atoms with E-state index in [0.29, 0.717) is 13.1 Å². The van der Waals surface area contributed by atoms with E-state index in [1.807, 2.05) is 4.90 Å². The van der Waals surface area contributed by atoms with Crippen molar-refractivity contribution in [3.05, 3.63) is 47.8 Å². The lowest BCUT2D eigenvalue weighted by atomic mass is 10.0. The highest BCUT2D eigenvalue weighted by atomic mass is 19.4. The Morgan fingerprint density at radius 2 is 1.90 bits per heavy atom. The fourth-order valence-electron chi connectivity index (χ4n) is 2.43. The lowest BCUT2D eigenvalue weighted by Crippen LogP contribution is -2.44. The Kier molecular flexibility index (Phi) is 4.45. The number of piperazine rings is 1. The normalized spacial score (nSPS) is 18.8. The third-order valence-electron chi connectivity index (χ3n) is 3.42. The topological polar surface area (TPSA) is 15.3 Å². The minimum Gasteiger partial charge on any atom is -0.314 e. The van der Waals surface area contributed by atoms with Crippen molar-refractivity contribution in [3.63, 3.8) is 0 Å². The van der Waals surface area contributed by atoms with E-state index < -0.39 is 23.6 Å². The molecular weight excluding hydrogens is 272 g/mol. The van der Waals surface area contributed by atoms with Gasteiger partial charge in [-0.2, -0.15) is 13.2 Å². The summed E-state index contributed by atoms with van der Waals surface area (Å²) >= 11 is 0. The zero-order chi connectivity index (χ0) is 14.8. The number of hydrogen-bond acceptors (Lipinski definition) is 2. The summed E-state index contributed by atoms with van der Waals surface area (Å²) in [5.74, 6) is -1.21. The predicted octanol–water partition coefficient (Wildman–Crippen LogP) is 2.98. The summed E-state index contributed by atoms with van der Waals surface area (Å²) in [6, 6.07) is 2.84. The van der Waals surface area contributed by atoms with Crippen molar-refractivity contribution >= 4 is 0 Å². The summed E-state index contributed by atoms with van der Waals surface area (Å²) in [4.78, 5) is 1.92. The summed E-state index contributed by atoms with van der Waals surface area (Å²) in [5.41, 5.74) is -1.20. The Hall–Kier alpha value is -1.40. The van der Waals surface area contributed by atoms with Crippen molar-refractivity contribution in [2.75, 3.05) is 26.2 Å². The van der Waals surface area contributed by atoms with E-state index in [9.17, 15) is 17.6 Å². The maximum atomic E-state index is 14.2. The van der Waals surface area contributed by atoms with Crippen LogP contribution in [-0.4, -0.2) is 31.1 Å². The number of nitrogens with one attached hydrogen (secondary N) is 1. The average molecular weight is 288 g/mol. The molecule has 1 aromatic rings. The van der Waals surface area contributed by atoms with E-state index >= 15 is 0 Å². The highest BCUT2D eigenvalue weighted by Crippen LogP contribution is 2.35. The minimum atomic E-state index is -4.69. The first kappa shape index (κ1) is 15.0. The van der Waals surface area contributed by atoms with Gasteiger partial charge in [0.15, 0.2) is 0 Å². The molecule has 2 nitrogen and oxygen atoms in total. The average Bonchev–Trinajstić information content (AvgIpc) is 2.41. The molecule has 0 spiro atoms. The van der Waals surface area contributed by atoms with Crippen LogP contribution in [0.4, 0.5) is 17.6 Å². The molecule has 0 aliphatic carbocycles. The molecule has 1 aliphatic heterocycles. The molecule has 0 unspecified atom stereocenters. The van der Waals surface area contributed by atoms with Crippen molar-refractivity contribution in [2.45, 2.75) is 12.2 Å². The van der Waals surface area contributed by atoms with Crippen LogP contribution in [0.3, 0.4) is 0 Å². The fourth-order valence-corrected chi connectivity index (χ4v) is 2.43. The van der Waals surface area contributed by atoms with Crippen molar-refractivity contribution in [1.29, 1.82) is 0 Å². The van der Waals surface area contributed by atoms with Crippen LogP contribution in [0.25, 0.3) is 0 Å². The number of benzene rings is 1. The second-order valence-electron chi connectivity index (χ2n) is 4.67. The van der Waals surface area contributed by atoms with Crippen LogP contribution in [0, 0.1) is 5.82 Å². The first-order valence-corrected chi connectivity index (χ1v) is 6.38. The van der Waals surface area contributed by atoms with Crippen LogP contribution in [-0.2, 0) is 6.18 Å². The molecule has 20 heavy (non-hydrogen) atoms. The zero-order valence-electron chi connectivity index (χ0n) is 10.9. The molecule has 1 aromatic carbocycles. The first-order chi connectivity index (χ1) is 9.45. The monoisotopic (exact) mass is 288 g/mol. The van der Waals surface area contributed by atoms with Gasteiger partial charge in [-0.05, 0) is 6.07 Å². The quantitative estimate of drug-likeness (QED) is 0.679. The predicted molar refractivity (Wildman–Crippen MR) is 68.8 cm³/mol. The molecule has 1 N–H and O–H groups in total. The van der Waals surface area contributed by atoms with Gasteiger partial charge in [0.1, 0.15) is 5.82 Å². The van der Waals surface area contributed by atoms with Crippen molar-refractivity contribution in [3.8, 4) is 0 Å². The highest BCUT2D eigenvalue weighted by molar-refractivity contribution is 5.32. The molecule has 1 atom stereocenters. The highest BCUT2D eigenvalue weighted by Gasteiger charge is 2.36. The van der Waals surface area contributed by atoms with Gasteiger partial charge in [-0.15, -0.1) is 6.58 Å². The largest absolute Gasteiger partial charge is 0.419 e. The van der Waals surface area contributed by atoms with E-state index in [4.69, 9.17) is 0 Å². The van der Waals surface area contributed by atoms with E-state index in [1.165, 1.54) is 18.2 Å². The molecule has 0 saturated carbocycles. The van der Waals surface area contributed by atoms with Gasteiger partial charge in [0.2, 0.25) is 0 Å². The molecule has 6 heteroatoms. The summed E-state index contributed by atoms with van der Waals surface area (Å²) < 4.78 is 52.4. The number of nitrogens with zero attached hydrogens (tertiary/aromatic N) is 1. The van der Waals surface area contributed by atoms with Crippen LogP contribution in [0.15, 0.2) is 30.9 Å². The molecular formula is C14H16F4N2. The summed E-state index contributed by atoms with van der Waals surface area (Å²) in [7, 11) is 0. The van der Waals surface area contributed by atoms with Gasteiger partial charge < -0.3 is 5.32 Å². The van der Waals surface area contributed by atoms with Crippen molar-refractivity contribution < 1.29 is 17.6 Å². The third-order valence-corrected chi connectivity index (χ3v) is 3.42. The van der Waals surface area contributed by atoms with Gasteiger partial charge in [-0.25, -0.2) is 4.39 Å². The van der Waals surface area contributed by atoms with Crippen LogP contribution >= 0.6 is 0 Å². The van der Waals surface area contributed by atoms with E-state index in [0.717, 1.165) is 19.2 Å². The molecule has 1 aliphatic rings. The van der Waals surface area contributed by atoms with Gasteiger partial charge in [0.05, 0.1) is 11.6 Å². The number of hydrogen-bond donors (Lipinski definition) is 1. The Bertz CT molecular complexity index is 479. The van der Waals surface area contributed by atoms with Crippen LogP contribution < -0.4 is 5.32 Å². The second kappa shape index (κ2) is 5.93. The van der Waals surface area contributed by atoms with Gasteiger partial charge in [0, 0.05) is 31.7 Å². The fraction of sp³-hybridized carbons (Fsp3) is 0.429. The Balaban J connectivity index is 2.37. The standard InChI is InChI=1S/C14H16F4N2/c1-2-12(20-8-6-19-7-9-20)10-4-3-5-11(13(10)15)14(16,17)18/h2-5,12,19H,1,6-9H2/t12-/m0/s1. The Morgan fingerprint density at radius 3 is 2.45 bits per heavy atom. The van der Waals surface area contributed by atoms with E-state index in [-0.39, 0.29) is 5.56 Å². The summed E-state index contributed by atoms with van der Waals surface area (Å²) in [5, 5.41) is 3.15. The Labute approximate surface area is 115 Å². The van der Waals surface area contributed by atoms with Crippen LogP contribution in [0.2, 0.25) is 0 Å². The third kappa shape index (κ3) is 3.02. The van der Waals surface area contributed by atoms with Crippen molar-refractivity contribution in [2.24, 2.45) is 0 Å². The molecule has 1 heterocycles. The first-order valence-electron chi connectivity index (χ1n) is 6.38. The van der Waals surface area contributed by atoms with Gasteiger partial charge >= 0.3 is 6.18 Å².